The maximum atomic E-state index is 13.0. The van der Waals surface area contributed by atoms with E-state index in [2.05, 4.69) is 14.7 Å². The second-order valence-corrected chi connectivity index (χ2v) is 9.33. The molecule has 1 heterocycles. The highest BCUT2D eigenvalue weighted by atomic mass is 32.2. The van der Waals surface area contributed by atoms with Crippen LogP contribution in [0.2, 0.25) is 0 Å². The Balaban J connectivity index is 1.55. The van der Waals surface area contributed by atoms with Gasteiger partial charge < -0.3 is 14.6 Å². The van der Waals surface area contributed by atoms with Crippen LogP contribution >= 0.6 is 0 Å². The summed E-state index contributed by atoms with van der Waals surface area (Å²) in [5.41, 5.74) is 2.92. The van der Waals surface area contributed by atoms with E-state index in [1.165, 1.54) is 18.1 Å². The highest BCUT2D eigenvalue weighted by molar-refractivity contribution is 7.92. The molecule has 1 aromatic heterocycles. The molecule has 33 heavy (non-hydrogen) atoms. The van der Waals surface area contributed by atoms with Crippen LogP contribution in [0.25, 0.3) is 11.0 Å². The maximum Gasteiger partial charge on any atom is 0.262 e. The minimum Gasteiger partial charge on any atom is -0.497 e. The molecule has 3 aromatic carbocycles. The molecule has 8 nitrogen and oxygen atoms in total. The van der Waals surface area contributed by atoms with Gasteiger partial charge in [0.05, 0.1) is 29.6 Å². The summed E-state index contributed by atoms with van der Waals surface area (Å²) in [5, 5.41) is 0. The normalized spacial score (nSPS) is 11.4. The number of methoxy groups -OCH3 is 1. The summed E-state index contributed by atoms with van der Waals surface area (Å²) in [4.78, 5) is 22.3. The molecule has 0 aliphatic carbocycles. The molecule has 4 aromatic rings. The Morgan fingerprint density at radius 3 is 2.52 bits per heavy atom. The van der Waals surface area contributed by atoms with E-state index < -0.39 is 10.0 Å². The summed E-state index contributed by atoms with van der Waals surface area (Å²) in [6.45, 7) is 1.95. The average Bonchev–Trinajstić information content (AvgIpc) is 3.21. The molecule has 1 amide bonds. The lowest BCUT2D eigenvalue weighted by molar-refractivity contribution is 0.0781. The number of carbonyl (C=O) groups is 1. The molecule has 0 aliphatic heterocycles. The van der Waals surface area contributed by atoms with E-state index in [1.807, 2.05) is 24.3 Å². The third-order valence-electron chi connectivity index (χ3n) is 5.24. The van der Waals surface area contributed by atoms with Crippen molar-refractivity contribution in [3.63, 3.8) is 0 Å². The Bertz CT molecular complexity index is 1380. The van der Waals surface area contributed by atoms with Crippen LogP contribution in [-0.4, -0.2) is 43.4 Å². The van der Waals surface area contributed by atoms with E-state index in [-0.39, 0.29) is 22.9 Å². The van der Waals surface area contributed by atoms with Gasteiger partial charge in [0.25, 0.3) is 15.9 Å². The average molecular weight is 465 g/mol. The topological polar surface area (TPSA) is 104 Å². The Morgan fingerprint density at radius 1 is 1.09 bits per heavy atom. The second-order valence-electron chi connectivity index (χ2n) is 7.68. The predicted molar refractivity (Wildman–Crippen MR) is 127 cm³/mol. The van der Waals surface area contributed by atoms with Crippen molar-refractivity contribution in [2.75, 3.05) is 18.9 Å². The molecule has 0 aliphatic rings. The van der Waals surface area contributed by atoms with Gasteiger partial charge in [0.1, 0.15) is 11.6 Å². The number of ether oxygens (including phenoxy) is 1. The fourth-order valence-corrected chi connectivity index (χ4v) is 4.82. The number of hydrogen-bond donors (Lipinski definition) is 2. The minimum atomic E-state index is -3.90. The predicted octanol–water partition coefficient (Wildman–Crippen LogP) is 3.95. The van der Waals surface area contributed by atoms with E-state index in [0.29, 0.717) is 22.8 Å². The molecule has 0 saturated heterocycles. The smallest absolute Gasteiger partial charge is 0.262 e. The fraction of sp³-hybridized carbons (Fsp3) is 0.167. The summed E-state index contributed by atoms with van der Waals surface area (Å²) in [6.07, 6.45) is 0. The number of amides is 1. The number of aromatic amines is 1. The van der Waals surface area contributed by atoms with Gasteiger partial charge in [0.2, 0.25) is 0 Å². The molecule has 0 saturated carbocycles. The van der Waals surface area contributed by atoms with Crippen LogP contribution in [0.5, 0.6) is 5.75 Å². The lowest BCUT2D eigenvalue weighted by Gasteiger charge is -2.17. The highest BCUT2D eigenvalue weighted by Crippen LogP contribution is 2.23. The van der Waals surface area contributed by atoms with Gasteiger partial charge in [-0.1, -0.05) is 18.2 Å². The van der Waals surface area contributed by atoms with E-state index in [1.54, 1.807) is 50.4 Å². The van der Waals surface area contributed by atoms with Crippen molar-refractivity contribution in [1.82, 2.24) is 14.9 Å². The number of nitrogens with zero attached hydrogens (tertiary/aromatic N) is 2. The molecular formula is C24H24N4O4S. The number of nitrogens with one attached hydrogen (secondary N) is 2. The number of hydrogen-bond acceptors (Lipinski definition) is 5. The third-order valence-corrected chi connectivity index (χ3v) is 6.76. The summed E-state index contributed by atoms with van der Waals surface area (Å²) < 4.78 is 33.7. The number of para-hydroxylation sites is 2. The minimum absolute atomic E-state index is 0.0429. The Morgan fingerprint density at radius 2 is 1.82 bits per heavy atom. The zero-order valence-electron chi connectivity index (χ0n) is 18.5. The number of aryl methyl sites for hydroxylation is 1. The molecule has 170 valence electrons. The zero-order valence-corrected chi connectivity index (χ0v) is 19.3. The van der Waals surface area contributed by atoms with Gasteiger partial charge in [-0.15, -0.1) is 0 Å². The number of aromatic nitrogens is 2. The number of H-pyrrole nitrogens is 1. The van der Waals surface area contributed by atoms with Gasteiger partial charge in [-0.2, -0.15) is 0 Å². The Kier molecular flexibility index (Phi) is 6.06. The number of rotatable bonds is 7. The van der Waals surface area contributed by atoms with Crippen LogP contribution in [0, 0.1) is 6.92 Å². The largest absolute Gasteiger partial charge is 0.497 e. The Hall–Kier alpha value is -3.85. The second kappa shape index (κ2) is 8.95. The summed E-state index contributed by atoms with van der Waals surface area (Å²) in [7, 11) is -0.712. The van der Waals surface area contributed by atoms with Gasteiger partial charge in [0.15, 0.2) is 0 Å². The van der Waals surface area contributed by atoms with E-state index in [4.69, 9.17) is 4.74 Å². The van der Waals surface area contributed by atoms with E-state index in [9.17, 15) is 13.2 Å². The number of carbonyl (C=O) groups excluding carboxylic acids is 1. The van der Waals surface area contributed by atoms with Gasteiger partial charge >= 0.3 is 0 Å². The maximum absolute atomic E-state index is 13.0. The van der Waals surface area contributed by atoms with Gasteiger partial charge in [-0.3, -0.25) is 9.52 Å². The van der Waals surface area contributed by atoms with Crippen LogP contribution in [0.3, 0.4) is 0 Å². The van der Waals surface area contributed by atoms with Gasteiger partial charge in [0, 0.05) is 18.3 Å². The van der Waals surface area contributed by atoms with Crippen LogP contribution in [-0.2, 0) is 16.6 Å². The molecule has 0 unspecified atom stereocenters. The van der Waals surface area contributed by atoms with Crippen molar-refractivity contribution in [1.29, 1.82) is 0 Å². The summed E-state index contributed by atoms with van der Waals surface area (Å²) in [5.74, 6) is 0.957. The monoisotopic (exact) mass is 464 g/mol. The van der Waals surface area contributed by atoms with Crippen LogP contribution < -0.4 is 9.46 Å². The first kappa shape index (κ1) is 22.3. The first-order valence-corrected chi connectivity index (χ1v) is 11.7. The van der Waals surface area contributed by atoms with E-state index >= 15 is 0 Å². The van der Waals surface area contributed by atoms with Crippen LogP contribution in [0.15, 0.2) is 71.6 Å². The van der Waals surface area contributed by atoms with E-state index in [0.717, 1.165) is 11.0 Å². The fourth-order valence-electron chi connectivity index (χ4n) is 3.49. The van der Waals surface area contributed by atoms with Crippen molar-refractivity contribution in [2.45, 2.75) is 18.4 Å². The highest BCUT2D eigenvalue weighted by Gasteiger charge is 2.21. The van der Waals surface area contributed by atoms with Crippen LogP contribution in [0.4, 0.5) is 5.69 Å². The number of benzene rings is 3. The van der Waals surface area contributed by atoms with Crippen molar-refractivity contribution in [3.8, 4) is 5.75 Å². The van der Waals surface area contributed by atoms with Crippen LogP contribution in [0.1, 0.15) is 21.7 Å². The summed E-state index contributed by atoms with van der Waals surface area (Å²) in [6, 6.07) is 18.8. The zero-order chi connectivity index (χ0) is 23.6. The molecular weight excluding hydrogens is 440 g/mol. The molecule has 0 spiro atoms. The molecule has 0 bridgehead atoms. The first-order chi connectivity index (χ1) is 15.8. The van der Waals surface area contributed by atoms with Gasteiger partial charge in [-0.05, 0) is 61.0 Å². The first-order valence-electron chi connectivity index (χ1n) is 10.2. The lowest BCUT2D eigenvalue weighted by Crippen LogP contribution is -2.27. The van der Waals surface area contributed by atoms with Crippen molar-refractivity contribution >= 4 is 32.7 Å². The third kappa shape index (κ3) is 4.83. The number of fused-ring (bicyclic) bond motifs is 1. The standard InChI is InChI=1S/C24H24N4O4S/c1-16-8-9-17(14-22(16)33(30,31)27-18-10-12-19(32-3)13-11-18)24(29)28(2)15-23-25-20-6-4-5-7-21(20)26-23/h4-14,27H,15H2,1-3H3,(H,25,26). The molecule has 0 atom stereocenters. The lowest BCUT2D eigenvalue weighted by atomic mass is 10.1. The molecule has 0 radical (unpaired) electrons. The molecule has 0 fully saturated rings. The number of sulfonamides is 1. The molecule has 2 N–H and O–H groups in total. The summed E-state index contributed by atoms with van der Waals surface area (Å²) >= 11 is 0. The number of imidazole rings is 1. The van der Waals surface area contributed by atoms with Crippen molar-refractivity contribution in [3.05, 3.63) is 83.7 Å². The quantitative estimate of drug-likeness (QED) is 0.431. The van der Waals surface area contributed by atoms with Crippen molar-refractivity contribution in [2.24, 2.45) is 0 Å². The van der Waals surface area contributed by atoms with Gasteiger partial charge in [-0.25, -0.2) is 13.4 Å². The van der Waals surface area contributed by atoms with Crippen molar-refractivity contribution < 1.29 is 17.9 Å². The molecule has 9 heteroatoms. The Labute approximate surface area is 192 Å². The number of anilines is 1. The molecule has 4 rings (SSSR count). The SMILES string of the molecule is COc1ccc(NS(=O)(=O)c2cc(C(=O)N(C)Cc3nc4ccccc4[nH]3)ccc2C)cc1.